The topological polar surface area (TPSA) is 66.5 Å². The van der Waals surface area contributed by atoms with E-state index in [0.717, 1.165) is 21.9 Å². The molecule has 0 saturated carbocycles. The SMILES string of the molecule is CS(=O)(=O)N(Cc1ccc(Cl)cc1)c1ccc2sc(C(=O)Nc3cc(Cl)cc(Cl)c3)cc2c1. The molecule has 3 aromatic carbocycles. The van der Waals surface area contributed by atoms with Crippen molar-refractivity contribution in [1.29, 1.82) is 0 Å². The first kappa shape index (κ1) is 23.9. The molecule has 170 valence electrons. The van der Waals surface area contributed by atoms with Gasteiger partial charge in [0.1, 0.15) is 0 Å². The summed E-state index contributed by atoms with van der Waals surface area (Å²) < 4.78 is 27.2. The summed E-state index contributed by atoms with van der Waals surface area (Å²) >= 11 is 19.2. The molecule has 0 aliphatic heterocycles. The Morgan fingerprint density at radius 3 is 2.21 bits per heavy atom. The highest BCUT2D eigenvalue weighted by Crippen LogP contribution is 2.32. The van der Waals surface area contributed by atoms with E-state index >= 15 is 0 Å². The maximum absolute atomic E-state index is 12.7. The molecular weight excluding hydrogens is 523 g/mol. The summed E-state index contributed by atoms with van der Waals surface area (Å²) in [5.41, 5.74) is 1.80. The van der Waals surface area contributed by atoms with Crippen molar-refractivity contribution in [1.82, 2.24) is 0 Å². The van der Waals surface area contributed by atoms with E-state index in [1.54, 1.807) is 60.7 Å². The number of hydrogen-bond donors (Lipinski definition) is 1. The minimum Gasteiger partial charge on any atom is -0.321 e. The average Bonchev–Trinajstić information content (AvgIpc) is 3.15. The molecule has 33 heavy (non-hydrogen) atoms. The van der Waals surface area contributed by atoms with E-state index in [9.17, 15) is 13.2 Å². The van der Waals surface area contributed by atoms with Crippen LogP contribution in [0.4, 0.5) is 11.4 Å². The van der Waals surface area contributed by atoms with Crippen molar-refractivity contribution in [3.05, 3.63) is 92.2 Å². The summed E-state index contributed by atoms with van der Waals surface area (Å²) in [6, 6.07) is 18.8. The van der Waals surface area contributed by atoms with E-state index in [4.69, 9.17) is 34.8 Å². The third kappa shape index (κ3) is 5.80. The van der Waals surface area contributed by atoms with Crippen molar-refractivity contribution in [2.24, 2.45) is 0 Å². The van der Waals surface area contributed by atoms with Gasteiger partial charge in [0.15, 0.2) is 0 Å². The van der Waals surface area contributed by atoms with Crippen LogP contribution in [0.3, 0.4) is 0 Å². The summed E-state index contributed by atoms with van der Waals surface area (Å²) in [6.45, 7) is 0.161. The van der Waals surface area contributed by atoms with Gasteiger partial charge in [0.25, 0.3) is 5.91 Å². The number of hydrogen-bond acceptors (Lipinski definition) is 4. The van der Waals surface area contributed by atoms with Gasteiger partial charge in [-0.3, -0.25) is 9.10 Å². The maximum Gasteiger partial charge on any atom is 0.265 e. The lowest BCUT2D eigenvalue weighted by atomic mass is 10.2. The predicted octanol–water partition coefficient (Wildman–Crippen LogP) is 7.08. The zero-order valence-corrected chi connectivity index (χ0v) is 21.1. The highest BCUT2D eigenvalue weighted by atomic mass is 35.5. The molecule has 0 bridgehead atoms. The summed E-state index contributed by atoms with van der Waals surface area (Å²) in [5, 5.41) is 4.96. The molecule has 0 saturated heterocycles. The molecule has 0 radical (unpaired) electrons. The number of rotatable bonds is 6. The molecule has 0 atom stereocenters. The minimum atomic E-state index is -3.55. The molecule has 1 aromatic heterocycles. The third-order valence-electron chi connectivity index (χ3n) is 4.77. The van der Waals surface area contributed by atoms with E-state index in [-0.39, 0.29) is 12.5 Å². The summed E-state index contributed by atoms with van der Waals surface area (Å²) in [7, 11) is -3.55. The van der Waals surface area contributed by atoms with E-state index in [0.29, 0.717) is 31.3 Å². The van der Waals surface area contributed by atoms with Crippen molar-refractivity contribution in [3.8, 4) is 0 Å². The summed E-state index contributed by atoms with van der Waals surface area (Å²) in [5.74, 6) is -0.308. The van der Waals surface area contributed by atoms with Gasteiger partial charge < -0.3 is 5.32 Å². The number of carbonyl (C=O) groups excluding carboxylic acids is 1. The predicted molar refractivity (Wildman–Crippen MR) is 139 cm³/mol. The highest BCUT2D eigenvalue weighted by Gasteiger charge is 2.19. The second-order valence-electron chi connectivity index (χ2n) is 7.34. The number of sulfonamides is 1. The maximum atomic E-state index is 12.7. The molecular formula is C23H17Cl3N2O3S2. The second-order valence-corrected chi connectivity index (χ2v) is 11.6. The Bertz CT molecular complexity index is 1430. The molecule has 1 heterocycles. The van der Waals surface area contributed by atoms with Crippen LogP contribution < -0.4 is 9.62 Å². The molecule has 0 aliphatic rings. The Balaban J connectivity index is 1.63. The number of amides is 1. The number of halogens is 3. The highest BCUT2D eigenvalue weighted by molar-refractivity contribution is 7.92. The van der Waals surface area contributed by atoms with E-state index < -0.39 is 10.0 Å². The number of anilines is 2. The fraction of sp³-hybridized carbons (Fsp3) is 0.0870. The fourth-order valence-electron chi connectivity index (χ4n) is 3.27. The Hall–Kier alpha value is -2.29. The standard InChI is InChI=1S/C23H17Cl3N2O3S2/c1-33(30,31)28(13-14-2-4-16(24)5-3-14)20-6-7-21-15(8-20)9-22(32-21)23(29)27-19-11-17(25)10-18(26)12-19/h2-12H,13H2,1H3,(H,27,29). The van der Waals surface area contributed by atoms with Gasteiger partial charge in [-0.05, 0) is 65.5 Å². The summed E-state index contributed by atoms with van der Waals surface area (Å²) in [6.07, 6.45) is 1.16. The van der Waals surface area contributed by atoms with Gasteiger partial charge in [-0.25, -0.2) is 8.42 Å². The number of fused-ring (bicyclic) bond motifs is 1. The molecule has 4 rings (SSSR count). The quantitative estimate of drug-likeness (QED) is 0.285. The number of carbonyl (C=O) groups is 1. The van der Waals surface area contributed by atoms with Crippen molar-refractivity contribution >= 4 is 83.5 Å². The Morgan fingerprint density at radius 1 is 0.909 bits per heavy atom. The van der Waals surface area contributed by atoms with Gasteiger partial charge in [0.05, 0.1) is 23.4 Å². The number of nitrogens with one attached hydrogen (secondary N) is 1. The average molecular weight is 540 g/mol. The third-order valence-corrected chi connectivity index (χ3v) is 7.72. The lowest BCUT2D eigenvalue weighted by Crippen LogP contribution is -2.29. The first-order valence-electron chi connectivity index (χ1n) is 9.62. The van der Waals surface area contributed by atoms with Crippen LogP contribution in [0, 0.1) is 0 Å². The van der Waals surface area contributed by atoms with Gasteiger partial charge in [-0.2, -0.15) is 0 Å². The van der Waals surface area contributed by atoms with Crippen LogP contribution in [0.15, 0.2) is 66.7 Å². The zero-order chi connectivity index (χ0) is 23.8. The van der Waals surface area contributed by atoms with Gasteiger partial charge in [-0.1, -0.05) is 46.9 Å². The first-order valence-corrected chi connectivity index (χ1v) is 13.4. The van der Waals surface area contributed by atoms with Crippen LogP contribution in [-0.2, 0) is 16.6 Å². The minimum absolute atomic E-state index is 0.161. The lowest BCUT2D eigenvalue weighted by molar-refractivity contribution is 0.103. The van der Waals surface area contributed by atoms with Crippen LogP contribution in [-0.4, -0.2) is 20.6 Å². The molecule has 5 nitrogen and oxygen atoms in total. The molecule has 4 aromatic rings. The van der Waals surface area contributed by atoms with Crippen LogP contribution in [0.2, 0.25) is 15.1 Å². The lowest BCUT2D eigenvalue weighted by Gasteiger charge is -2.22. The van der Waals surface area contributed by atoms with Crippen LogP contribution in [0.5, 0.6) is 0 Å². The van der Waals surface area contributed by atoms with Crippen LogP contribution in [0.25, 0.3) is 10.1 Å². The van der Waals surface area contributed by atoms with Crippen molar-refractivity contribution < 1.29 is 13.2 Å². The van der Waals surface area contributed by atoms with Crippen LogP contribution in [0.1, 0.15) is 15.2 Å². The number of thiophene rings is 1. The monoisotopic (exact) mass is 538 g/mol. The van der Waals surface area contributed by atoms with Crippen LogP contribution >= 0.6 is 46.1 Å². The van der Waals surface area contributed by atoms with Gasteiger partial charge in [0.2, 0.25) is 10.0 Å². The molecule has 0 fully saturated rings. The molecule has 0 spiro atoms. The number of nitrogens with zero attached hydrogens (tertiary/aromatic N) is 1. The van der Waals surface area contributed by atoms with E-state index in [2.05, 4.69) is 5.32 Å². The summed E-state index contributed by atoms with van der Waals surface area (Å²) in [4.78, 5) is 13.2. The fourth-order valence-corrected chi connectivity index (χ4v) is 5.74. The van der Waals surface area contributed by atoms with Crippen molar-refractivity contribution in [2.75, 3.05) is 15.9 Å². The van der Waals surface area contributed by atoms with E-state index in [1.165, 1.54) is 15.6 Å². The van der Waals surface area contributed by atoms with Gasteiger partial charge >= 0.3 is 0 Å². The molecule has 0 aliphatic carbocycles. The molecule has 1 N–H and O–H groups in total. The molecule has 0 unspecified atom stereocenters. The van der Waals surface area contributed by atoms with Gasteiger partial charge in [0, 0.05) is 25.5 Å². The second kappa shape index (κ2) is 9.52. The van der Waals surface area contributed by atoms with Crippen molar-refractivity contribution in [2.45, 2.75) is 6.54 Å². The molecule has 1 amide bonds. The van der Waals surface area contributed by atoms with Crippen molar-refractivity contribution in [3.63, 3.8) is 0 Å². The Kier molecular flexibility index (Phi) is 6.88. The molecule has 10 heteroatoms. The Morgan fingerprint density at radius 2 is 1.58 bits per heavy atom. The first-order chi connectivity index (χ1) is 15.6. The number of benzene rings is 3. The zero-order valence-electron chi connectivity index (χ0n) is 17.2. The Labute approximate surface area is 210 Å². The van der Waals surface area contributed by atoms with E-state index in [1.807, 2.05) is 6.07 Å². The van der Waals surface area contributed by atoms with Gasteiger partial charge in [-0.15, -0.1) is 11.3 Å². The smallest absolute Gasteiger partial charge is 0.265 e. The largest absolute Gasteiger partial charge is 0.321 e. The normalized spacial score (nSPS) is 11.5.